The average Bonchev–Trinajstić information content (AvgIpc) is 3.20. The van der Waals surface area contributed by atoms with Gasteiger partial charge in [0, 0.05) is 23.5 Å². The van der Waals surface area contributed by atoms with Crippen molar-refractivity contribution in [1.82, 2.24) is 19.6 Å². The molecule has 0 aliphatic rings. The number of benzene rings is 1. The first-order valence-electron chi connectivity index (χ1n) is 7.94. The summed E-state index contributed by atoms with van der Waals surface area (Å²) in [6.07, 6.45) is 5.70. The van der Waals surface area contributed by atoms with Crippen LogP contribution in [0.5, 0.6) is 0 Å². The van der Waals surface area contributed by atoms with E-state index < -0.39 is 6.04 Å². The summed E-state index contributed by atoms with van der Waals surface area (Å²) in [5, 5.41) is 11.6. The molecule has 1 N–H and O–H groups in total. The smallest absolute Gasteiger partial charge is 0.250 e. The van der Waals surface area contributed by atoms with Crippen molar-refractivity contribution in [3.05, 3.63) is 63.7 Å². The minimum Gasteiger partial charge on any atom is -0.307 e. The Labute approximate surface area is 163 Å². The number of nitrogens with zero attached hydrogens (tertiary/aromatic N) is 4. The van der Waals surface area contributed by atoms with Crippen LogP contribution in [-0.2, 0) is 11.3 Å². The van der Waals surface area contributed by atoms with Crippen molar-refractivity contribution in [2.45, 2.75) is 25.9 Å². The van der Waals surface area contributed by atoms with E-state index in [0.29, 0.717) is 23.8 Å². The third-order valence-corrected chi connectivity index (χ3v) is 4.58. The van der Waals surface area contributed by atoms with Gasteiger partial charge in [-0.05, 0) is 40.0 Å². The molecule has 0 aliphatic carbocycles. The highest BCUT2D eigenvalue weighted by atomic mass is 79.9. The maximum absolute atomic E-state index is 13.1. The fraction of sp³-hybridized carbons (Fsp3) is 0.235. The lowest BCUT2D eigenvalue weighted by Crippen LogP contribution is -2.26. The van der Waals surface area contributed by atoms with E-state index in [1.807, 2.05) is 6.92 Å². The molecule has 2 heterocycles. The number of carbonyl (C=O) groups is 1. The van der Waals surface area contributed by atoms with Crippen LogP contribution in [0.25, 0.3) is 0 Å². The number of carbonyl (C=O) groups excluding carboxylic acids is 1. The molecule has 6 nitrogen and oxygen atoms in total. The van der Waals surface area contributed by atoms with E-state index in [4.69, 9.17) is 11.6 Å². The van der Waals surface area contributed by atoms with Gasteiger partial charge in [0.1, 0.15) is 11.9 Å². The molecule has 1 amide bonds. The molecular formula is C17H16BrClFN5O. The highest BCUT2D eigenvalue weighted by molar-refractivity contribution is 9.10. The Morgan fingerprint density at radius 2 is 2.23 bits per heavy atom. The van der Waals surface area contributed by atoms with E-state index in [1.165, 1.54) is 12.1 Å². The van der Waals surface area contributed by atoms with Crippen molar-refractivity contribution in [1.29, 1.82) is 0 Å². The fourth-order valence-electron chi connectivity index (χ4n) is 2.53. The minimum atomic E-state index is -0.432. The van der Waals surface area contributed by atoms with E-state index in [2.05, 4.69) is 31.4 Å². The van der Waals surface area contributed by atoms with Crippen LogP contribution in [0.1, 0.15) is 24.9 Å². The monoisotopic (exact) mass is 439 g/mol. The number of hydrogen-bond acceptors (Lipinski definition) is 3. The van der Waals surface area contributed by atoms with Crippen molar-refractivity contribution in [2.75, 3.05) is 5.32 Å². The Hall–Kier alpha value is -2.19. The molecular weight excluding hydrogens is 425 g/mol. The quantitative estimate of drug-likeness (QED) is 0.622. The number of nitrogens with one attached hydrogen (secondary N) is 1. The third kappa shape index (κ3) is 4.31. The van der Waals surface area contributed by atoms with Crippen LogP contribution < -0.4 is 5.32 Å². The number of halogens is 3. The summed E-state index contributed by atoms with van der Waals surface area (Å²) >= 11 is 9.36. The summed E-state index contributed by atoms with van der Waals surface area (Å²) < 4.78 is 17.2. The molecule has 0 saturated heterocycles. The minimum absolute atomic E-state index is 0.201. The number of amides is 1. The number of anilines is 1. The number of aromatic nitrogens is 4. The Morgan fingerprint density at radius 3 is 2.88 bits per heavy atom. The predicted molar refractivity (Wildman–Crippen MR) is 101 cm³/mol. The van der Waals surface area contributed by atoms with E-state index in [1.54, 1.807) is 40.1 Å². The number of rotatable bonds is 6. The average molecular weight is 441 g/mol. The first kappa shape index (κ1) is 18.6. The van der Waals surface area contributed by atoms with Gasteiger partial charge in [-0.3, -0.25) is 14.2 Å². The van der Waals surface area contributed by atoms with Crippen LogP contribution in [0.4, 0.5) is 10.2 Å². The second-order valence-corrected chi connectivity index (χ2v) is 7.01. The molecule has 0 spiro atoms. The van der Waals surface area contributed by atoms with Gasteiger partial charge in [0.25, 0.3) is 0 Å². The van der Waals surface area contributed by atoms with Gasteiger partial charge >= 0.3 is 0 Å². The van der Waals surface area contributed by atoms with Crippen LogP contribution in [0.2, 0.25) is 5.02 Å². The van der Waals surface area contributed by atoms with Gasteiger partial charge in [-0.15, -0.1) is 0 Å². The standard InChI is InChI=1S/C17H16BrClFN5O/c1-2-15(25-10-12(18)8-21-25)17(26)22-16-5-6-24(23-16)9-11-3-4-13(20)7-14(11)19/h3-8,10,15H,2,9H2,1H3,(H,22,23,26). The van der Waals surface area contributed by atoms with Gasteiger partial charge in [0.05, 0.1) is 17.2 Å². The molecule has 2 aromatic heterocycles. The van der Waals surface area contributed by atoms with Gasteiger partial charge in [0.15, 0.2) is 5.82 Å². The van der Waals surface area contributed by atoms with Crippen molar-refractivity contribution < 1.29 is 9.18 Å². The topological polar surface area (TPSA) is 64.7 Å². The van der Waals surface area contributed by atoms with Crippen molar-refractivity contribution in [2.24, 2.45) is 0 Å². The molecule has 1 atom stereocenters. The lowest BCUT2D eigenvalue weighted by atomic mass is 10.2. The maximum atomic E-state index is 13.1. The largest absolute Gasteiger partial charge is 0.307 e. The Bertz CT molecular complexity index is 926. The van der Waals surface area contributed by atoms with Gasteiger partial charge in [0.2, 0.25) is 5.91 Å². The molecule has 0 radical (unpaired) electrons. The maximum Gasteiger partial charge on any atom is 0.250 e. The molecule has 0 saturated carbocycles. The molecule has 0 bridgehead atoms. The summed E-state index contributed by atoms with van der Waals surface area (Å²) in [5.41, 5.74) is 0.738. The summed E-state index contributed by atoms with van der Waals surface area (Å²) in [7, 11) is 0. The Morgan fingerprint density at radius 1 is 1.42 bits per heavy atom. The van der Waals surface area contributed by atoms with E-state index >= 15 is 0 Å². The van der Waals surface area contributed by atoms with Crippen LogP contribution in [0, 0.1) is 5.82 Å². The zero-order valence-electron chi connectivity index (χ0n) is 13.9. The van der Waals surface area contributed by atoms with Crippen LogP contribution in [0.3, 0.4) is 0 Å². The first-order chi connectivity index (χ1) is 12.5. The number of hydrogen-bond donors (Lipinski definition) is 1. The van der Waals surface area contributed by atoms with Crippen LogP contribution in [-0.4, -0.2) is 25.5 Å². The van der Waals surface area contributed by atoms with Gasteiger partial charge in [-0.1, -0.05) is 24.6 Å². The van der Waals surface area contributed by atoms with E-state index in [0.717, 1.165) is 10.0 Å². The van der Waals surface area contributed by atoms with E-state index in [-0.39, 0.29) is 11.7 Å². The SMILES string of the molecule is CCC(C(=O)Nc1ccn(Cc2ccc(F)cc2Cl)n1)n1cc(Br)cn1. The fourth-order valence-corrected chi connectivity index (χ4v) is 3.06. The molecule has 3 rings (SSSR count). The second kappa shape index (κ2) is 8.01. The summed E-state index contributed by atoms with van der Waals surface area (Å²) in [5.74, 6) is -0.158. The van der Waals surface area contributed by atoms with Crippen LogP contribution in [0.15, 0.2) is 47.3 Å². The van der Waals surface area contributed by atoms with Crippen molar-refractivity contribution in [3.8, 4) is 0 Å². The normalized spacial score (nSPS) is 12.2. The molecule has 9 heteroatoms. The molecule has 26 heavy (non-hydrogen) atoms. The van der Waals surface area contributed by atoms with Gasteiger partial charge in [-0.25, -0.2) is 4.39 Å². The highest BCUT2D eigenvalue weighted by Gasteiger charge is 2.20. The van der Waals surface area contributed by atoms with Gasteiger partial charge < -0.3 is 5.32 Å². The van der Waals surface area contributed by atoms with Crippen molar-refractivity contribution >= 4 is 39.3 Å². The zero-order valence-corrected chi connectivity index (χ0v) is 16.2. The molecule has 136 valence electrons. The highest BCUT2D eigenvalue weighted by Crippen LogP contribution is 2.19. The van der Waals surface area contributed by atoms with Gasteiger partial charge in [-0.2, -0.15) is 10.2 Å². The lowest BCUT2D eigenvalue weighted by Gasteiger charge is -2.14. The lowest BCUT2D eigenvalue weighted by molar-refractivity contribution is -0.119. The molecule has 0 fully saturated rings. The zero-order chi connectivity index (χ0) is 18.7. The Kier molecular flexibility index (Phi) is 5.73. The van der Waals surface area contributed by atoms with Crippen molar-refractivity contribution in [3.63, 3.8) is 0 Å². The molecule has 1 unspecified atom stereocenters. The van der Waals surface area contributed by atoms with Crippen LogP contribution >= 0.6 is 27.5 Å². The summed E-state index contributed by atoms with van der Waals surface area (Å²) in [6.45, 7) is 2.28. The first-order valence-corrected chi connectivity index (χ1v) is 9.11. The molecule has 1 aromatic carbocycles. The third-order valence-electron chi connectivity index (χ3n) is 3.82. The Balaban J connectivity index is 1.68. The van der Waals surface area contributed by atoms with E-state index in [9.17, 15) is 9.18 Å². The molecule has 0 aliphatic heterocycles. The summed E-state index contributed by atoms with van der Waals surface area (Å²) in [6, 6.07) is 5.48. The molecule has 3 aromatic rings. The summed E-state index contributed by atoms with van der Waals surface area (Å²) in [4.78, 5) is 12.5. The predicted octanol–water partition coefficient (Wildman–Crippen LogP) is 4.27. The second-order valence-electron chi connectivity index (χ2n) is 5.69.